The number of rotatable bonds is 6. The number of nitrogens with zero attached hydrogens (tertiary/aromatic N) is 2. The maximum absolute atomic E-state index is 12.5. The lowest BCUT2D eigenvalue weighted by atomic mass is 9.83. The molecule has 0 saturated carbocycles. The molecular formula is C24H27N3O5S. The summed E-state index contributed by atoms with van der Waals surface area (Å²) in [5.74, 6) is 0.183. The minimum absolute atomic E-state index is 0.168. The van der Waals surface area contributed by atoms with E-state index in [9.17, 15) is 18.0 Å². The summed E-state index contributed by atoms with van der Waals surface area (Å²) in [6.07, 6.45) is 5.17. The Morgan fingerprint density at radius 1 is 1.12 bits per heavy atom. The molecule has 3 rings (SSSR count). The number of ether oxygens (including phenoxy) is 1. The number of nitrogens with one attached hydrogen (secondary N) is 1. The van der Waals surface area contributed by atoms with Crippen molar-refractivity contribution in [2.24, 2.45) is 5.10 Å². The number of methoxy groups -OCH3 is 1. The molecule has 0 fully saturated rings. The fourth-order valence-corrected chi connectivity index (χ4v) is 3.70. The molecule has 9 heteroatoms. The highest BCUT2D eigenvalue weighted by Gasteiger charge is 2.27. The second-order valence-corrected chi connectivity index (χ2v) is 10.5. The third kappa shape index (κ3) is 5.87. The van der Waals surface area contributed by atoms with Gasteiger partial charge < -0.3 is 4.74 Å². The number of carbonyl (C=O) groups is 2. The molecule has 2 aromatic rings. The molecule has 1 amide bonds. The maximum Gasteiger partial charge on any atom is 0.244 e. The Bertz CT molecular complexity index is 1240. The Morgan fingerprint density at radius 2 is 1.79 bits per heavy atom. The Balaban J connectivity index is 2.09. The second kappa shape index (κ2) is 9.19. The van der Waals surface area contributed by atoms with E-state index in [0.29, 0.717) is 17.0 Å². The predicted molar refractivity (Wildman–Crippen MR) is 129 cm³/mol. The molecule has 0 bridgehead atoms. The molecule has 1 heterocycles. The Hall–Kier alpha value is -3.46. The monoisotopic (exact) mass is 469 g/mol. The van der Waals surface area contributed by atoms with Crippen molar-refractivity contribution in [2.75, 3.05) is 18.3 Å². The summed E-state index contributed by atoms with van der Waals surface area (Å²) in [7, 11) is -1.81. The first kappa shape index (κ1) is 24.2. The van der Waals surface area contributed by atoms with Crippen LogP contribution in [0.15, 0.2) is 53.8 Å². The molecule has 0 saturated heterocycles. The van der Waals surface area contributed by atoms with E-state index in [-0.39, 0.29) is 23.5 Å². The van der Waals surface area contributed by atoms with Crippen LogP contribution in [0.4, 0.5) is 5.69 Å². The highest BCUT2D eigenvalue weighted by atomic mass is 32.2. The fraction of sp³-hybridized carbons (Fsp3) is 0.292. The van der Waals surface area contributed by atoms with Gasteiger partial charge in [0.25, 0.3) is 0 Å². The topological polar surface area (TPSA) is 105 Å². The Kier molecular flexibility index (Phi) is 6.73. The van der Waals surface area contributed by atoms with Crippen molar-refractivity contribution in [1.29, 1.82) is 0 Å². The van der Waals surface area contributed by atoms with Gasteiger partial charge in [0.1, 0.15) is 5.75 Å². The summed E-state index contributed by atoms with van der Waals surface area (Å²) in [5.41, 5.74) is 3.62. The van der Waals surface area contributed by atoms with E-state index in [1.54, 1.807) is 19.2 Å². The highest BCUT2D eigenvalue weighted by Crippen LogP contribution is 2.42. The summed E-state index contributed by atoms with van der Waals surface area (Å²) in [4.78, 5) is 27.7. The van der Waals surface area contributed by atoms with Crippen molar-refractivity contribution >= 4 is 33.6 Å². The first-order valence-corrected chi connectivity index (χ1v) is 12.1. The number of anilines is 1. The SMILES string of the molecule is COc1c(-c2ccc(/C=N\NS(C)(=O)=O)cc2)cc(N2C=CC(=O)CC2=O)cc1C(C)(C)C. The highest BCUT2D eigenvalue weighted by molar-refractivity contribution is 7.88. The molecule has 0 unspecified atom stereocenters. The molecular weight excluding hydrogens is 442 g/mol. The molecule has 1 aliphatic rings. The van der Waals surface area contributed by atoms with Crippen LogP contribution < -0.4 is 14.5 Å². The molecule has 0 spiro atoms. The van der Waals surface area contributed by atoms with Crippen LogP contribution in [-0.2, 0) is 25.0 Å². The summed E-state index contributed by atoms with van der Waals surface area (Å²) in [5, 5.41) is 3.72. The summed E-state index contributed by atoms with van der Waals surface area (Å²) in [6, 6.07) is 11.1. The molecule has 0 aliphatic carbocycles. The molecule has 0 aromatic heterocycles. The van der Waals surface area contributed by atoms with Crippen LogP contribution in [0.2, 0.25) is 0 Å². The van der Waals surface area contributed by atoms with Crippen molar-refractivity contribution in [3.8, 4) is 16.9 Å². The van der Waals surface area contributed by atoms with Crippen molar-refractivity contribution < 1.29 is 22.7 Å². The lowest BCUT2D eigenvalue weighted by Gasteiger charge is -2.28. The van der Waals surface area contributed by atoms with Crippen LogP contribution in [0.1, 0.15) is 38.3 Å². The number of sulfonamides is 1. The summed E-state index contributed by atoms with van der Waals surface area (Å²) < 4.78 is 28.1. The second-order valence-electron chi connectivity index (χ2n) is 8.79. The van der Waals surface area contributed by atoms with Gasteiger partial charge >= 0.3 is 0 Å². The van der Waals surface area contributed by atoms with Gasteiger partial charge in [0.15, 0.2) is 5.78 Å². The van der Waals surface area contributed by atoms with Gasteiger partial charge in [0, 0.05) is 23.0 Å². The van der Waals surface area contributed by atoms with Crippen molar-refractivity contribution in [2.45, 2.75) is 32.6 Å². The van der Waals surface area contributed by atoms with E-state index >= 15 is 0 Å². The van der Waals surface area contributed by atoms with Gasteiger partial charge in [-0.25, -0.2) is 13.2 Å². The number of hydrogen-bond acceptors (Lipinski definition) is 6. The zero-order chi connectivity index (χ0) is 24.4. The average molecular weight is 470 g/mol. The fourth-order valence-electron chi connectivity index (χ4n) is 3.45. The largest absolute Gasteiger partial charge is 0.496 e. The van der Waals surface area contributed by atoms with E-state index in [0.717, 1.165) is 22.9 Å². The van der Waals surface area contributed by atoms with E-state index < -0.39 is 10.0 Å². The van der Waals surface area contributed by atoms with E-state index in [1.165, 1.54) is 23.4 Å². The van der Waals surface area contributed by atoms with E-state index in [4.69, 9.17) is 4.74 Å². The van der Waals surface area contributed by atoms with Gasteiger partial charge in [-0.2, -0.15) is 5.10 Å². The molecule has 1 aliphatic heterocycles. The number of hydrogen-bond donors (Lipinski definition) is 1. The molecule has 2 aromatic carbocycles. The minimum Gasteiger partial charge on any atom is -0.496 e. The summed E-state index contributed by atoms with van der Waals surface area (Å²) >= 11 is 0. The maximum atomic E-state index is 12.5. The van der Waals surface area contributed by atoms with Gasteiger partial charge in [-0.05, 0) is 34.8 Å². The minimum atomic E-state index is -3.42. The summed E-state index contributed by atoms with van der Waals surface area (Å²) in [6.45, 7) is 6.18. The first-order valence-electron chi connectivity index (χ1n) is 10.2. The van der Waals surface area contributed by atoms with Crippen LogP contribution in [0, 0.1) is 0 Å². The molecule has 0 atom stereocenters. The average Bonchev–Trinajstić information content (AvgIpc) is 2.72. The Labute approximate surface area is 194 Å². The van der Waals surface area contributed by atoms with E-state index in [1.807, 2.05) is 24.3 Å². The normalized spacial score (nSPS) is 14.8. The van der Waals surface area contributed by atoms with Gasteiger partial charge in [-0.3, -0.25) is 14.5 Å². The molecule has 33 heavy (non-hydrogen) atoms. The smallest absolute Gasteiger partial charge is 0.244 e. The molecule has 0 radical (unpaired) electrons. The van der Waals surface area contributed by atoms with Crippen LogP contribution in [0.3, 0.4) is 0 Å². The zero-order valence-electron chi connectivity index (χ0n) is 19.2. The van der Waals surface area contributed by atoms with Gasteiger partial charge in [0.2, 0.25) is 15.9 Å². The van der Waals surface area contributed by atoms with Crippen molar-refractivity contribution in [3.05, 3.63) is 59.8 Å². The van der Waals surface area contributed by atoms with Crippen LogP contribution >= 0.6 is 0 Å². The molecule has 174 valence electrons. The molecule has 8 nitrogen and oxygen atoms in total. The third-order valence-electron chi connectivity index (χ3n) is 5.02. The lowest BCUT2D eigenvalue weighted by molar-refractivity contribution is -0.124. The van der Waals surface area contributed by atoms with Crippen LogP contribution in [0.5, 0.6) is 5.75 Å². The van der Waals surface area contributed by atoms with E-state index in [2.05, 4.69) is 30.7 Å². The number of amides is 1. The third-order valence-corrected chi connectivity index (χ3v) is 5.46. The number of allylic oxidation sites excluding steroid dienone is 1. The predicted octanol–water partition coefficient (Wildman–Crippen LogP) is 3.36. The zero-order valence-corrected chi connectivity index (χ0v) is 20.1. The van der Waals surface area contributed by atoms with Gasteiger partial charge in [-0.1, -0.05) is 45.0 Å². The van der Waals surface area contributed by atoms with Gasteiger partial charge in [0.05, 0.1) is 26.0 Å². The van der Waals surface area contributed by atoms with Crippen LogP contribution in [-0.4, -0.2) is 39.7 Å². The van der Waals surface area contributed by atoms with Crippen molar-refractivity contribution in [3.63, 3.8) is 0 Å². The van der Waals surface area contributed by atoms with Crippen molar-refractivity contribution in [1.82, 2.24) is 4.83 Å². The lowest BCUT2D eigenvalue weighted by Crippen LogP contribution is -2.31. The van der Waals surface area contributed by atoms with Crippen LogP contribution in [0.25, 0.3) is 11.1 Å². The standard InChI is InChI=1S/C24H27N3O5S/c1-24(2,3)21-13-18(27-11-10-19(28)14-22(27)29)12-20(23(21)32-4)17-8-6-16(7-9-17)15-25-26-33(5,30)31/h6-13,15,26H,14H2,1-5H3/b25-15-. The number of hydrazone groups is 1. The van der Waals surface area contributed by atoms with Gasteiger partial charge in [-0.15, -0.1) is 0 Å². The Morgan fingerprint density at radius 3 is 2.33 bits per heavy atom. The quantitative estimate of drug-likeness (QED) is 0.397. The molecule has 1 N–H and O–H groups in total. The first-order chi connectivity index (χ1) is 15.4. The number of benzene rings is 2. The number of ketones is 1. The number of carbonyl (C=O) groups excluding carboxylic acids is 2.